The highest BCUT2D eigenvalue weighted by atomic mass is 16.5. The van der Waals surface area contributed by atoms with Crippen molar-refractivity contribution in [2.45, 2.75) is 25.9 Å². The number of rotatable bonds is 5. The van der Waals surface area contributed by atoms with Crippen LogP contribution in [0.2, 0.25) is 0 Å². The number of piperidine rings is 1. The van der Waals surface area contributed by atoms with Crippen molar-refractivity contribution in [3.63, 3.8) is 0 Å². The van der Waals surface area contributed by atoms with Crippen LogP contribution in [0.1, 0.15) is 18.5 Å². The Morgan fingerprint density at radius 2 is 1.92 bits per heavy atom. The molecule has 9 nitrogen and oxygen atoms in total. The van der Waals surface area contributed by atoms with Gasteiger partial charge in [0.2, 0.25) is 0 Å². The average Bonchev–Trinajstić information content (AvgIpc) is 3.16. The number of anilines is 2. The van der Waals surface area contributed by atoms with Gasteiger partial charge in [-0.2, -0.15) is 0 Å². The molecule has 2 saturated heterocycles. The maximum atomic E-state index is 5.62. The van der Waals surface area contributed by atoms with Gasteiger partial charge in [-0.1, -0.05) is 5.21 Å². The Morgan fingerprint density at radius 3 is 2.69 bits per heavy atom. The highest BCUT2D eigenvalue weighted by Crippen LogP contribution is 2.25. The van der Waals surface area contributed by atoms with Crippen molar-refractivity contribution in [2.75, 3.05) is 49.2 Å². The molecular formula is C17H26N8O. The van der Waals surface area contributed by atoms with Gasteiger partial charge in [0.25, 0.3) is 0 Å². The second kappa shape index (κ2) is 7.96. The van der Waals surface area contributed by atoms with Crippen LogP contribution in [0.3, 0.4) is 0 Å². The van der Waals surface area contributed by atoms with E-state index in [1.807, 2.05) is 10.9 Å². The number of morpholine rings is 1. The van der Waals surface area contributed by atoms with E-state index in [2.05, 4.69) is 36.1 Å². The second-order valence-corrected chi connectivity index (χ2v) is 6.92. The van der Waals surface area contributed by atoms with Crippen molar-refractivity contribution in [2.24, 2.45) is 11.7 Å². The Labute approximate surface area is 153 Å². The molecule has 2 aromatic heterocycles. The van der Waals surface area contributed by atoms with Gasteiger partial charge in [-0.15, -0.1) is 5.10 Å². The van der Waals surface area contributed by atoms with Crippen LogP contribution in [0.4, 0.5) is 11.6 Å². The summed E-state index contributed by atoms with van der Waals surface area (Å²) in [7, 11) is 0. The average molecular weight is 358 g/mol. The summed E-state index contributed by atoms with van der Waals surface area (Å²) in [5.41, 5.74) is 6.46. The molecule has 0 bridgehead atoms. The molecule has 4 rings (SSSR count). The minimum atomic E-state index is 0.433. The molecular weight excluding hydrogens is 332 g/mol. The van der Waals surface area contributed by atoms with Gasteiger partial charge < -0.3 is 20.3 Å². The number of ether oxygens (including phenoxy) is 1. The first-order valence-corrected chi connectivity index (χ1v) is 9.30. The molecule has 0 spiro atoms. The summed E-state index contributed by atoms with van der Waals surface area (Å²) < 4.78 is 7.34. The second-order valence-electron chi connectivity index (χ2n) is 6.92. The van der Waals surface area contributed by atoms with Crippen molar-refractivity contribution in [1.82, 2.24) is 25.0 Å². The van der Waals surface area contributed by atoms with Gasteiger partial charge >= 0.3 is 0 Å². The van der Waals surface area contributed by atoms with Gasteiger partial charge in [0.1, 0.15) is 18.0 Å². The molecule has 140 valence electrons. The van der Waals surface area contributed by atoms with Gasteiger partial charge in [-0.05, 0) is 18.8 Å². The zero-order valence-corrected chi connectivity index (χ0v) is 15.0. The maximum Gasteiger partial charge on any atom is 0.134 e. The number of hydrogen-bond donors (Lipinski definition) is 1. The van der Waals surface area contributed by atoms with E-state index in [9.17, 15) is 0 Å². The highest BCUT2D eigenvalue weighted by Gasteiger charge is 2.23. The Morgan fingerprint density at radius 1 is 1.12 bits per heavy atom. The summed E-state index contributed by atoms with van der Waals surface area (Å²) in [6.45, 7) is 6.58. The first kappa shape index (κ1) is 17.2. The van der Waals surface area contributed by atoms with Crippen LogP contribution in [-0.2, 0) is 17.8 Å². The van der Waals surface area contributed by atoms with Crippen molar-refractivity contribution < 1.29 is 4.74 Å². The highest BCUT2D eigenvalue weighted by molar-refractivity contribution is 5.50. The maximum absolute atomic E-state index is 5.62. The largest absolute Gasteiger partial charge is 0.378 e. The third kappa shape index (κ3) is 3.94. The lowest BCUT2D eigenvalue weighted by molar-refractivity contribution is 0.122. The van der Waals surface area contributed by atoms with Crippen LogP contribution in [0.5, 0.6) is 0 Å². The molecule has 0 saturated carbocycles. The molecule has 0 unspecified atom stereocenters. The number of hydrogen-bond acceptors (Lipinski definition) is 8. The zero-order valence-electron chi connectivity index (χ0n) is 15.0. The molecule has 0 aliphatic carbocycles. The molecule has 26 heavy (non-hydrogen) atoms. The van der Waals surface area contributed by atoms with Crippen LogP contribution in [0, 0.1) is 5.92 Å². The van der Waals surface area contributed by atoms with E-state index in [0.717, 1.165) is 69.7 Å². The van der Waals surface area contributed by atoms with Crippen LogP contribution in [-0.4, -0.2) is 64.4 Å². The first-order chi connectivity index (χ1) is 12.8. The van der Waals surface area contributed by atoms with E-state index >= 15 is 0 Å². The smallest absolute Gasteiger partial charge is 0.134 e. The van der Waals surface area contributed by atoms with Crippen molar-refractivity contribution in [1.29, 1.82) is 0 Å². The molecule has 4 heterocycles. The minimum absolute atomic E-state index is 0.433. The molecule has 1 atom stereocenters. The Balaban J connectivity index is 1.42. The van der Waals surface area contributed by atoms with E-state index in [1.54, 1.807) is 6.33 Å². The van der Waals surface area contributed by atoms with Gasteiger partial charge in [0.05, 0.1) is 18.9 Å². The normalized spacial score (nSPS) is 21.2. The third-order valence-electron chi connectivity index (χ3n) is 5.06. The fourth-order valence-electron chi connectivity index (χ4n) is 3.68. The summed E-state index contributed by atoms with van der Waals surface area (Å²) in [6, 6.07) is 2.11. The molecule has 0 amide bonds. The summed E-state index contributed by atoms with van der Waals surface area (Å²) in [5.74, 6) is 2.52. The number of aromatic nitrogens is 5. The molecule has 2 aliphatic rings. The Bertz CT molecular complexity index is 714. The summed E-state index contributed by atoms with van der Waals surface area (Å²) in [4.78, 5) is 13.6. The van der Waals surface area contributed by atoms with Gasteiger partial charge in [0, 0.05) is 51.5 Å². The molecule has 2 aliphatic heterocycles. The van der Waals surface area contributed by atoms with Crippen LogP contribution < -0.4 is 15.5 Å². The topological polar surface area (TPSA) is 98.2 Å². The quantitative estimate of drug-likeness (QED) is 0.814. The van der Waals surface area contributed by atoms with E-state index in [0.29, 0.717) is 12.5 Å². The Hall–Kier alpha value is -2.26. The molecule has 0 aromatic carbocycles. The van der Waals surface area contributed by atoms with Gasteiger partial charge in [-0.25, -0.2) is 9.97 Å². The molecule has 2 fully saturated rings. The van der Waals surface area contributed by atoms with Gasteiger partial charge in [-0.3, -0.25) is 4.68 Å². The summed E-state index contributed by atoms with van der Waals surface area (Å²) >= 11 is 0. The molecule has 2 N–H and O–H groups in total. The Kier molecular flexibility index (Phi) is 5.26. The summed E-state index contributed by atoms with van der Waals surface area (Å²) in [6.07, 6.45) is 5.96. The van der Waals surface area contributed by atoms with Crippen molar-refractivity contribution in [3.8, 4) is 0 Å². The fourth-order valence-corrected chi connectivity index (χ4v) is 3.68. The van der Waals surface area contributed by atoms with Crippen LogP contribution in [0.15, 0.2) is 18.6 Å². The van der Waals surface area contributed by atoms with E-state index in [-0.39, 0.29) is 0 Å². The molecule has 9 heteroatoms. The number of nitrogens with two attached hydrogens (primary N) is 1. The minimum Gasteiger partial charge on any atom is -0.378 e. The molecule has 2 aromatic rings. The fraction of sp³-hybridized carbons (Fsp3) is 0.647. The standard InChI is InChI=1S/C17H26N8O/c18-9-15-12-25(22-21-15)11-14-2-1-3-24(10-14)17-8-16(19-13-20-17)23-4-6-26-7-5-23/h8,12-14H,1-7,9-11,18H2/t14-/m1/s1. The lowest BCUT2D eigenvalue weighted by Gasteiger charge is -2.34. The lowest BCUT2D eigenvalue weighted by Crippen LogP contribution is -2.39. The van der Waals surface area contributed by atoms with Crippen molar-refractivity contribution >= 4 is 11.6 Å². The van der Waals surface area contributed by atoms with E-state index < -0.39 is 0 Å². The van der Waals surface area contributed by atoms with Gasteiger partial charge in [0.15, 0.2) is 0 Å². The zero-order chi connectivity index (χ0) is 17.8. The molecule has 0 radical (unpaired) electrons. The predicted octanol–water partition coefficient (Wildman–Crippen LogP) is 0.280. The van der Waals surface area contributed by atoms with E-state index in [4.69, 9.17) is 10.5 Å². The van der Waals surface area contributed by atoms with E-state index in [1.165, 1.54) is 6.42 Å². The number of nitrogens with zero attached hydrogens (tertiary/aromatic N) is 7. The third-order valence-corrected chi connectivity index (χ3v) is 5.06. The predicted molar refractivity (Wildman–Crippen MR) is 97.9 cm³/mol. The van der Waals surface area contributed by atoms with Crippen molar-refractivity contribution in [3.05, 3.63) is 24.3 Å². The van der Waals surface area contributed by atoms with Crippen LogP contribution in [0.25, 0.3) is 0 Å². The monoisotopic (exact) mass is 358 g/mol. The summed E-state index contributed by atoms with van der Waals surface area (Å²) in [5, 5.41) is 8.26. The first-order valence-electron chi connectivity index (χ1n) is 9.30. The SMILES string of the molecule is NCc1cn(C[C@@H]2CCCN(c3cc(N4CCOCC4)ncn3)C2)nn1. The lowest BCUT2D eigenvalue weighted by atomic mass is 9.98. The van der Waals surface area contributed by atoms with Crippen LogP contribution >= 0.6 is 0 Å².